The van der Waals surface area contributed by atoms with Gasteiger partial charge in [0.2, 0.25) is 26.0 Å². The summed E-state index contributed by atoms with van der Waals surface area (Å²) in [4.78, 5) is 8.38. The van der Waals surface area contributed by atoms with Crippen LogP contribution in [0.4, 0.5) is 38.0 Å². The van der Waals surface area contributed by atoms with E-state index in [0.717, 1.165) is 14.9 Å². The summed E-state index contributed by atoms with van der Waals surface area (Å²) in [6.45, 7) is 1.93. The minimum atomic E-state index is -6.15. The zero-order valence-corrected chi connectivity index (χ0v) is 24.8. The summed E-state index contributed by atoms with van der Waals surface area (Å²) in [5.41, 5.74) is -1.06. The summed E-state index contributed by atoms with van der Waals surface area (Å²) in [7, 11) is -8.10. The second kappa shape index (κ2) is 11.6. The Balaban J connectivity index is 2.05. The van der Waals surface area contributed by atoms with Crippen LogP contribution in [-0.4, -0.2) is 97.4 Å². The maximum atomic E-state index is 13.5. The lowest BCUT2D eigenvalue weighted by Gasteiger charge is -2.43. The first kappa shape index (κ1) is 34.1. The van der Waals surface area contributed by atoms with Crippen molar-refractivity contribution in [2.45, 2.75) is 53.7 Å². The number of halogens is 6. The van der Waals surface area contributed by atoms with Gasteiger partial charge in [0.05, 0.1) is 17.2 Å². The Morgan fingerprint density at radius 1 is 1.07 bits per heavy atom. The Labute approximate surface area is 243 Å². The molecule has 1 aromatic carbocycles. The summed E-state index contributed by atoms with van der Waals surface area (Å²) in [6, 6.07) is 2.35. The lowest BCUT2D eigenvalue weighted by molar-refractivity contribution is -0.376. The number of nitrogen functional groups attached to an aromatic ring is 1. The molecular formula is C22H28F6N6O5S3. The predicted octanol–water partition coefficient (Wildman–Crippen LogP) is 2.21. The molecule has 11 nitrogen and oxygen atoms in total. The molecule has 0 saturated carbocycles. The van der Waals surface area contributed by atoms with Crippen molar-refractivity contribution >= 4 is 44.3 Å². The molecule has 0 unspecified atom stereocenters. The molecule has 2 aromatic rings. The van der Waals surface area contributed by atoms with E-state index in [1.165, 1.54) is 23.1 Å². The maximum Gasteiger partial charge on any atom is 0.430 e. The van der Waals surface area contributed by atoms with Gasteiger partial charge in [0.15, 0.2) is 0 Å². The molecule has 1 aromatic heterocycles. The molecule has 0 radical (unpaired) electrons. The van der Waals surface area contributed by atoms with Crippen LogP contribution in [0.1, 0.15) is 19.4 Å². The number of sulfonamides is 2. The molecule has 42 heavy (non-hydrogen) atoms. The molecule has 1 saturated heterocycles. The maximum absolute atomic E-state index is 13.5. The predicted molar refractivity (Wildman–Crippen MR) is 143 cm³/mol. The third-order valence-corrected chi connectivity index (χ3v) is 10.4. The normalized spacial score (nSPS) is 18.2. The topological polar surface area (TPSA) is 150 Å². The molecule has 236 valence electrons. The van der Waals surface area contributed by atoms with Crippen molar-refractivity contribution in [1.82, 2.24) is 18.6 Å². The standard InChI is InChI=1S/C22H28F6N6O5S3/c1-13(2)34(41(3,36)37)12-16-11-32(42(38,39)18-8-15(29)4-5-17(18)40)6-7-33(16)19-30-9-14(10-31-19)20(35,21(23,24)25)22(26,27)28/h4-5,8-10,13,16,35,40H,6-7,11-12,29H2,1-3H3/t16-/m1/s1. The third kappa shape index (κ3) is 6.57. The minimum absolute atomic E-state index is 0.0869. The van der Waals surface area contributed by atoms with E-state index in [1.54, 1.807) is 13.8 Å². The van der Waals surface area contributed by atoms with E-state index in [2.05, 4.69) is 22.6 Å². The average Bonchev–Trinajstić information content (AvgIpc) is 2.85. The van der Waals surface area contributed by atoms with Gasteiger partial charge in [-0.3, -0.25) is 0 Å². The Morgan fingerprint density at radius 3 is 2.10 bits per heavy atom. The first-order chi connectivity index (χ1) is 19.0. The zero-order valence-electron chi connectivity index (χ0n) is 22.3. The smallest absolute Gasteiger partial charge is 0.399 e. The van der Waals surface area contributed by atoms with Gasteiger partial charge in [0.25, 0.3) is 5.60 Å². The highest BCUT2D eigenvalue weighted by molar-refractivity contribution is 7.90. The molecule has 20 heteroatoms. The van der Waals surface area contributed by atoms with E-state index in [9.17, 15) is 48.3 Å². The van der Waals surface area contributed by atoms with Crippen molar-refractivity contribution in [1.29, 1.82) is 0 Å². The highest BCUT2D eigenvalue weighted by Crippen LogP contribution is 2.49. The Morgan fingerprint density at radius 2 is 1.62 bits per heavy atom. The van der Waals surface area contributed by atoms with E-state index >= 15 is 0 Å². The largest absolute Gasteiger partial charge is 0.430 e. The summed E-state index contributed by atoms with van der Waals surface area (Å²) in [5.74, 6) is -0.413. The first-order valence-electron chi connectivity index (χ1n) is 12.0. The van der Waals surface area contributed by atoms with Crippen LogP contribution in [0, 0.1) is 0 Å². The quantitative estimate of drug-likeness (QED) is 0.219. The monoisotopic (exact) mass is 666 g/mol. The van der Waals surface area contributed by atoms with Gasteiger partial charge in [-0.2, -0.15) is 35.0 Å². The number of nitrogens with two attached hydrogens (primary N) is 1. The van der Waals surface area contributed by atoms with E-state index < -0.39 is 61.6 Å². The summed E-state index contributed by atoms with van der Waals surface area (Å²) < 4.78 is 134. The molecule has 1 aliphatic heterocycles. The number of anilines is 2. The minimum Gasteiger partial charge on any atom is -0.399 e. The molecular weight excluding hydrogens is 638 g/mol. The van der Waals surface area contributed by atoms with Crippen LogP contribution in [0.25, 0.3) is 0 Å². The van der Waals surface area contributed by atoms with Gasteiger partial charge in [-0.15, -0.1) is 12.6 Å². The van der Waals surface area contributed by atoms with Crippen molar-refractivity contribution < 1.29 is 48.3 Å². The molecule has 0 aliphatic carbocycles. The number of nitrogens with zero attached hydrogens (tertiary/aromatic N) is 5. The molecule has 0 amide bonds. The summed E-state index contributed by atoms with van der Waals surface area (Å²) in [5, 5.41) is 9.65. The van der Waals surface area contributed by atoms with E-state index in [-0.39, 0.29) is 54.1 Å². The zero-order chi connectivity index (χ0) is 32.1. The lowest BCUT2D eigenvalue weighted by atomic mass is 9.95. The Bertz CT molecular complexity index is 1490. The number of hydrogen-bond donors (Lipinski definition) is 3. The summed E-state index contributed by atoms with van der Waals surface area (Å²) >= 11 is 4.19. The van der Waals surface area contributed by atoms with Crippen LogP contribution in [0.2, 0.25) is 0 Å². The fraction of sp³-hybridized carbons (Fsp3) is 0.545. The highest BCUT2D eigenvalue weighted by Gasteiger charge is 2.71. The van der Waals surface area contributed by atoms with Crippen LogP contribution in [0.15, 0.2) is 40.4 Å². The number of thiol groups is 1. The van der Waals surface area contributed by atoms with Gasteiger partial charge < -0.3 is 15.7 Å². The molecule has 1 atom stereocenters. The van der Waals surface area contributed by atoms with Gasteiger partial charge in [-0.1, -0.05) is 0 Å². The van der Waals surface area contributed by atoms with Gasteiger partial charge in [0.1, 0.15) is 0 Å². The molecule has 3 N–H and O–H groups in total. The first-order valence-corrected chi connectivity index (χ1v) is 15.8. The SMILES string of the molecule is CC(C)N(C[C@H]1CN(S(=O)(=O)c2cc(N)ccc2S)CCN1c1ncc(C(O)(C(F)(F)F)C(F)(F)F)cn1)S(C)(=O)=O. The number of piperazine rings is 1. The van der Waals surface area contributed by atoms with Crippen molar-refractivity contribution in [2.24, 2.45) is 0 Å². The number of benzene rings is 1. The van der Waals surface area contributed by atoms with Crippen LogP contribution in [-0.2, 0) is 25.6 Å². The van der Waals surface area contributed by atoms with Crippen LogP contribution >= 0.6 is 12.6 Å². The highest BCUT2D eigenvalue weighted by atomic mass is 32.2. The molecule has 0 spiro atoms. The van der Waals surface area contributed by atoms with E-state index in [4.69, 9.17) is 5.73 Å². The van der Waals surface area contributed by atoms with Crippen molar-refractivity contribution in [3.05, 3.63) is 36.2 Å². The molecule has 3 rings (SSSR count). The Hall–Kier alpha value is -2.39. The number of alkyl halides is 6. The number of aliphatic hydroxyl groups is 1. The third-order valence-electron chi connectivity index (χ3n) is 6.57. The van der Waals surface area contributed by atoms with Crippen molar-refractivity contribution in [2.75, 3.05) is 43.1 Å². The number of rotatable bonds is 8. The van der Waals surface area contributed by atoms with Gasteiger partial charge >= 0.3 is 12.4 Å². The Kier molecular flexibility index (Phi) is 9.42. The van der Waals surface area contributed by atoms with Crippen LogP contribution in [0.3, 0.4) is 0 Å². The van der Waals surface area contributed by atoms with Gasteiger partial charge in [0, 0.05) is 60.8 Å². The van der Waals surface area contributed by atoms with Crippen molar-refractivity contribution in [3.63, 3.8) is 0 Å². The second-order valence-electron chi connectivity index (χ2n) is 9.84. The summed E-state index contributed by atoms with van der Waals surface area (Å²) in [6.07, 6.45) is -11.0. The fourth-order valence-corrected chi connectivity index (χ4v) is 7.70. The van der Waals surface area contributed by atoms with Gasteiger partial charge in [-0.25, -0.2) is 26.8 Å². The molecule has 2 heterocycles. The number of hydrogen-bond acceptors (Lipinski definition) is 10. The number of aromatic nitrogens is 2. The molecule has 1 aliphatic rings. The lowest BCUT2D eigenvalue weighted by Crippen LogP contribution is -2.60. The van der Waals surface area contributed by atoms with E-state index in [1.807, 2.05) is 0 Å². The van der Waals surface area contributed by atoms with Crippen molar-refractivity contribution in [3.8, 4) is 0 Å². The molecule has 1 fully saturated rings. The van der Waals surface area contributed by atoms with Gasteiger partial charge in [-0.05, 0) is 32.0 Å². The fourth-order valence-electron chi connectivity index (χ4n) is 4.42. The molecule has 0 bridgehead atoms. The average molecular weight is 667 g/mol. The van der Waals surface area contributed by atoms with Crippen LogP contribution in [0.5, 0.6) is 0 Å². The second-order valence-corrected chi connectivity index (χ2v) is 14.2. The van der Waals surface area contributed by atoms with E-state index in [0.29, 0.717) is 0 Å². The van der Waals surface area contributed by atoms with Crippen LogP contribution < -0.4 is 10.6 Å².